The Morgan fingerprint density at radius 3 is 2.73 bits per heavy atom. The number of carboxylic acids is 1. The largest absolute Gasteiger partial charge is 1.00 e. The van der Waals surface area contributed by atoms with Crippen LogP contribution in [0.2, 0.25) is 0 Å². The molecule has 0 spiro atoms. The van der Waals surface area contributed by atoms with E-state index in [1.54, 1.807) is 11.3 Å². The van der Waals surface area contributed by atoms with Gasteiger partial charge in [0, 0.05) is 11.4 Å². The summed E-state index contributed by atoms with van der Waals surface area (Å²) >= 11 is 0. The maximum atomic E-state index is 10.7. The standard InChI is InChI=1S/C9H9N3O2.Li/c1-5-3-6(2)12-4-10-7(9(13)14)8(12)11-5;/h3-4H,1-2H3,(H,13,14);/q;+1/p-1. The first-order valence-corrected chi connectivity index (χ1v) is 4.12. The molecule has 5 nitrogen and oxygen atoms in total. The minimum Gasteiger partial charge on any atom is -0.543 e. The molecule has 0 aliphatic rings. The monoisotopic (exact) mass is 197 g/mol. The average Bonchev–Trinajstić information content (AvgIpc) is 2.47. The Labute approximate surface area is 98.3 Å². The van der Waals surface area contributed by atoms with Crippen LogP contribution in [0.1, 0.15) is 21.9 Å². The zero-order chi connectivity index (χ0) is 10.3. The van der Waals surface area contributed by atoms with Crippen molar-refractivity contribution in [3.05, 3.63) is 29.5 Å². The van der Waals surface area contributed by atoms with Crippen LogP contribution in [-0.2, 0) is 0 Å². The second-order valence-corrected chi connectivity index (χ2v) is 3.11. The van der Waals surface area contributed by atoms with E-state index < -0.39 is 5.97 Å². The Morgan fingerprint density at radius 2 is 2.13 bits per heavy atom. The van der Waals surface area contributed by atoms with Crippen LogP contribution in [-0.4, -0.2) is 20.3 Å². The van der Waals surface area contributed by atoms with Gasteiger partial charge in [0.25, 0.3) is 0 Å². The molecule has 0 aliphatic carbocycles. The summed E-state index contributed by atoms with van der Waals surface area (Å²) in [6.45, 7) is 3.67. The van der Waals surface area contributed by atoms with Gasteiger partial charge in [-0.05, 0) is 19.9 Å². The van der Waals surface area contributed by atoms with Gasteiger partial charge in [-0.25, -0.2) is 9.97 Å². The minimum atomic E-state index is -1.30. The Morgan fingerprint density at radius 1 is 1.47 bits per heavy atom. The Kier molecular flexibility index (Phi) is 3.17. The molecule has 0 radical (unpaired) electrons. The first-order valence-electron chi connectivity index (χ1n) is 4.12. The van der Waals surface area contributed by atoms with Crippen molar-refractivity contribution in [3.63, 3.8) is 0 Å². The van der Waals surface area contributed by atoms with Crippen LogP contribution in [0.5, 0.6) is 0 Å². The molecule has 0 N–H and O–H groups in total. The van der Waals surface area contributed by atoms with Crippen LogP contribution in [0.3, 0.4) is 0 Å². The van der Waals surface area contributed by atoms with E-state index in [2.05, 4.69) is 9.97 Å². The molecule has 15 heavy (non-hydrogen) atoms. The van der Waals surface area contributed by atoms with Gasteiger partial charge in [-0.2, -0.15) is 0 Å². The fourth-order valence-electron chi connectivity index (χ4n) is 1.42. The quantitative estimate of drug-likeness (QED) is 0.449. The molecule has 0 fully saturated rings. The SMILES string of the molecule is Cc1cc(C)n2cnc(C(=O)[O-])c2n1.[Li+]. The molecule has 0 atom stereocenters. The van der Waals surface area contributed by atoms with E-state index in [-0.39, 0.29) is 24.6 Å². The number of hydrogen-bond acceptors (Lipinski definition) is 4. The predicted molar refractivity (Wildman–Crippen MR) is 46.8 cm³/mol. The summed E-state index contributed by atoms with van der Waals surface area (Å²) in [5.74, 6) is -1.30. The molecular formula is C9H8LiN3O2. The van der Waals surface area contributed by atoms with Crippen molar-refractivity contribution in [3.8, 4) is 0 Å². The van der Waals surface area contributed by atoms with Gasteiger partial charge >= 0.3 is 18.9 Å². The molecule has 0 saturated carbocycles. The summed E-state index contributed by atoms with van der Waals surface area (Å²) in [5.41, 5.74) is 1.88. The van der Waals surface area contributed by atoms with Crippen LogP contribution in [0, 0.1) is 13.8 Å². The zero-order valence-electron chi connectivity index (χ0n) is 8.81. The zero-order valence-corrected chi connectivity index (χ0v) is 8.81. The summed E-state index contributed by atoms with van der Waals surface area (Å²) in [7, 11) is 0. The van der Waals surface area contributed by atoms with E-state index >= 15 is 0 Å². The third-order valence-electron chi connectivity index (χ3n) is 2.02. The van der Waals surface area contributed by atoms with Crippen LogP contribution >= 0.6 is 0 Å². The van der Waals surface area contributed by atoms with Crippen LogP contribution in [0.4, 0.5) is 0 Å². The maximum Gasteiger partial charge on any atom is 1.00 e. The third-order valence-corrected chi connectivity index (χ3v) is 2.02. The fraction of sp³-hybridized carbons (Fsp3) is 0.222. The summed E-state index contributed by atoms with van der Waals surface area (Å²) in [6.07, 6.45) is 1.43. The number of aromatic carboxylic acids is 1. The van der Waals surface area contributed by atoms with Crippen molar-refractivity contribution >= 4 is 11.6 Å². The molecule has 0 aliphatic heterocycles. The minimum absolute atomic E-state index is 0. The van der Waals surface area contributed by atoms with Crippen molar-refractivity contribution in [2.45, 2.75) is 13.8 Å². The number of carboxylic acid groups (broad SMARTS) is 1. The number of hydrogen-bond donors (Lipinski definition) is 0. The number of carbonyl (C=O) groups is 1. The van der Waals surface area contributed by atoms with Crippen molar-refractivity contribution in [1.82, 2.24) is 14.4 Å². The number of fused-ring (bicyclic) bond motifs is 1. The van der Waals surface area contributed by atoms with Gasteiger partial charge in [0.05, 0.1) is 5.97 Å². The molecule has 0 saturated heterocycles. The molecule has 72 valence electrons. The van der Waals surface area contributed by atoms with E-state index in [0.29, 0.717) is 5.65 Å². The topological polar surface area (TPSA) is 70.3 Å². The Bertz CT molecular complexity index is 521. The van der Waals surface area contributed by atoms with Crippen molar-refractivity contribution < 1.29 is 28.8 Å². The molecule has 6 heteroatoms. The number of aryl methyl sites for hydroxylation is 2. The van der Waals surface area contributed by atoms with E-state index in [0.717, 1.165) is 11.4 Å². The smallest absolute Gasteiger partial charge is 0.543 e. The molecule has 0 amide bonds. The van der Waals surface area contributed by atoms with Crippen LogP contribution in [0.15, 0.2) is 12.4 Å². The van der Waals surface area contributed by atoms with E-state index in [1.165, 1.54) is 6.33 Å². The Balaban J connectivity index is 0.00000112. The maximum absolute atomic E-state index is 10.7. The van der Waals surface area contributed by atoms with Gasteiger partial charge in [-0.3, -0.25) is 4.40 Å². The van der Waals surface area contributed by atoms with E-state index in [4.69, 9.17) is 0 Å². The number of carbonyl (C=O) groups excluding carboxylic acids is 1. The van der Waals surface area contributed by atoms with Crippen molar-refractivity contribution in [1.29, 1.82) is 0 Å². The number of imidazole rings is 1. The van der Waals surface area contributed by atoms with E-state index in [1.807, 2.05) is 13.0 Å². The molecule has 2 aromatic heterocycles. The number of rotatable bonds is 1. The number of aromatic nitrogens is 3. The van der Waals surface area contributed by atoms with E-state index in [9.17, 15) is 9.90 Å². The fourth-order valence-corrected chi connectivity index (χ4v) is 1.42. The van der Waals surface area contributed by atoms with Gasteiger partial charge < -0.3 is 9.90 Å². The molecule has 2 aromatic rings. The number of nitrogens with zero attached hydrogens (tertiary/aromatic N) is 3. The predicted octanol–water partition coefficient (Wildman–Crippen LogP) is -3.29. The van der Waals surface area contributed by atoms with Gasteiger partial charge in [0.2, 0.25) is 0 Å². The average molecular weight is 197 g/mol. The first kappa shape index (κ1) is 11.8. The molecular weight excluding hydrogens is 189 g/mol. The van der Waals surface area contributed by atoms with Crippen molar-refractivity contribution in [2.75, 3.05) is 0 Å². The summed E-state index contributed by atoms with van der Waals surface area (Å²) in [4.78, 5) is 18.5. The second-order valence-electron chi connectivity index (χ2n) is 3.11. The van der Waals surface area contributed by atoms with Gasteiger partial charge in [0.15, 0.2) is 5.65 Å². The molecule has 2 rings (SSSR count). The molecule has 0 aromatic carbocycles. The van der Waals surface area contributed by atoms with Crippen LogP contribution < -0.4 is 24.0 Å². The van der Waals surface area contributed by atoms with Crippen molar-refractivity contribution in [2.24, 2.45) is 0 Å². The van der Waals surface area contributed by atoms with Gasteiger partial charge in [0.1, 0.15) is 12.0 Å². The molecule has 2 heterocycles. The molecule has 0 bridgehead atoms. The third kappa shape index (κ3) is 1.89. The summed E-state index contributed by atoms with van der Waals surface area (Å²) < 4.78 is 1.62. The van der Waals surface area contributed by atoms with Gasteiger partial charge in [-0.15, -0.1) is 0 Å². The second kappa shape index (κ2) is 4.05. The summed E-state index contributed by atoms with van der Waals surface area (Å²) in [5, 5.41) is 10.7. The normalized spacial score (nSPS) is 10.0. The Hall–Kier alpha value is -1.31. The molecule has 0 unspecified atom stereocenters. The summed E-state index contributed by atoms with van der Waals surface area (Å²) in [6, 6.07) is 1.85. The first-order chi connectivity index (χ1) is 6.59. The van der Waals surface area contributed by atoms with Crippen LogP contribution in [0.25, 0.3) is 5.65 Å². The van der Waals surface area contributed by atoms with Gasteiger partial charge in [-0.1, -0.05) is 0 Å².